The molecule has 2 rings (SSSR count). The van der Waals surface area contributed by atoms with Crippen molar-refractivity contribution >= 4 is 11.9 Å². The van der Waals surface area contributed by atoms with Crippen molar-refractivity contribution in [2.24, 2.45) is 17.8 Å². The molecule has 1 saturated carbocycles. The first kappa shape index (κ1) is 9.45. The Labute approximate surface area is 81.3 Å². The van der Waals surface area contributed by atoms with Crippen molar-refractivity contribution in [3.05, 3.63) is 0 Å². The third-order valence-corrected chi connectivity index (χ3v) is 2.95. The van der Waals surface area contributed by atoms with Gasteiger partial charge in [-0.3, -0.25) is 9.59 Å². The molecule has 2 N–H and O–H groups in total. The van der Waals surface area contributed by atoms with Crippen LogP contribution in [-0.2, 0) is 9.59 Å². The van der Waals surface area contributed by atoms with Crippen LogP contribution in [0.2, 0.25) is 0 Å². The Morgan fingerprint density at radius 3 is 2.36 bits per heavy atom. The van der Waals surface area contributed by atoms with Crippen molar-refractivity contribution in [3.63, 3.8) is 0 Å². The van der Waals surface area contributed by atoms with Crippen molar-refractivity contribution in [2.75, 3.05) is 19.7 Å². The first-order valence-corrected chi connectivity index (χ1v) is 4.76. The molecule has 0 spiro atoms. The fourth-order valence-corrected chi connectivity index (χ4v) is 1.84. The number of amides is 1. The summed E-state index contributed by atoms with van der Waals surface area (Å²) in [6, 6.07) is 0. The lowest BCUT2D eigenvalue weighted by Crippen LogP contribution is -2.52. The molecule has 0 aromatic rings. The molecule has 2 atom stereocenters. The standard InChI is InChI=1S/C9H13NO4/c11-4-5-2-10(3-5)8(12)6-1-7(6)9(13)14/h5-7,11H,1-4H2,(H,13,14)/t6-,7+/m1/s1. The fraction of sp³-hybridized carbons (Fsp3) is 0.778. The summed E-state index contributed by atoms with van der Waals surface area (Å²) >= 11 is 0. The number of hydrogen-bond acceptors (Lipinski definition) is 3. The molecule has 78 valence electrons. The zero-order chi connectivity index (χ0) is 10.3. The monoisotopic (exact) mass is 199 g/mol. The van der Waals surface area contributed by atoms with Gasteiger partial charge in [-0.25, -0.2) is 0 Å². The van der Waals surface area contributed by atoms with Crippen LogP contribution in [0.4, 0.5) is 0 Å². The van der Waals surface area contributed by atoms with E-state index in [0.29, 0.717) is 19.5 Å². The third kappa shape index (κ3) is 1.48. The number of carboxylic acids is 1. The van der Waals surface area contributed by atoms with Gasteiger partial charge in [-0.15, -0.1) is 0 Å². The Hall–Kier alpha value is -1.10. The number of carbonyl (C=O) groups excluding carboxylic acids is 1. The van der Waals surface area contributed by atoms with Gasteiger partial charge in [0.25, 0.3) is 0 Å². The van der Waals surface area contributed by atoms with E-state index in [-0.39, 0.29) is 24.3 Å². The van der Waals surface area contributed by atoms with E-state index in [9.17, 15) is 9.59 Å². The van der Waals surface area contributed by atoms with E-state index in [1.807, 2.05) is 0 Å². The molecule has 2 fully saturated rings. The average Bonchev–Trinajstić information content (AvgIpc) is 2.80. The van der Waals surface area contributed by atoms with Crippen LogP contribution < -0.4 is 0 Å². The van der Waals surface area contributed by atoms with Crippen molar-refractivity contribution in [2.45, 2.75) is 6.42 Å². The molecule has 1 aliphatic heterocycles. The number of carboxylic acid groups (broad SMARTS) is 1. The second-order valence-corrected chi connectivity index (χ2v) is 4.08. The number of hydrogen-bond donors (Lipinski definition) is 2. The van der Waals surface area contributed by atoms with Gasteiger partial charge in [-0.1, -0.05) is 0 Å². The van der Waals surface area contributed by atoms with Crippen LogP contribution in [0.3, 0.4) is 0 Å². The maximum absolute atomic E-state index is 11.5. The van der Waals surface area contributed by atoms with Crippen LogP contribution in [-0.4, -0.2) is 46.7 Å². The smallest absolute Gasteiger partial charge is 0.307 e. The number of rotatable bonds is 3. The highest BCUT2D eigenvalue weighted by molar-refractivity contribution is 5.89. The Kier molecular flexibility index (Phi) is 2.19. The molecule has 2 aliphatic rings. The molecule has 14 heavy (non-hydrogen) atoms. The summed E-state index contributed by atoms with van der Waals surface area (Å²) in [6.45, 7) is 1.27. The highest BCUT2D eigenvalue weighted by atomic mass is 16.4. The summed E-state index contributed by atoms with van der Waals surface area (Å²) in [5.41, 5.74) is 0. The topological polar surface area (TPSA) is 77.8 Å². The van der Waals surface area contributed by atoms with Gasteiger partial charge in [-0.2, -0.15) is 0 Å². The molecule has 0 aromatic carbocycles. The minimum Gasteiger partial charge on any atom is -0.481 e. The molecule has 1 aliphatic carbocycles. The zero-order valence-electron chi connectivity index (χ0n) is 7.72. The lowest BCUT2D eigenvalue weighted by atomic mass is 10.0. The predicted molar refractivity (Wildman–Crippen MR) is 46.4 cm³/mol. The van der Waals surface area contributed by atoms with Crippen LogP contribution in [0.1, 0.15) is 6.42 Å². The Morgan fingerprint density at radius 2 is 1.93 bits per heavy atom. The van der Waals surface area contributed by atoms with Gasteiger partial charge >= 0.3 is 5.97 Å². The van der Waals surface area contributed by atoms with Crippen LogP contribution in [0.15, 0.2) is 0 Å². The van der Waals surface area contributed by atoms with E-state index in [2.05, 4.69) is 0 Å². The SMILES string of the molecule is O=C(O)[C@H]1C[C@H]1C(=O)N1CC(CO)C1. The summed E-state index contributed by atoms with van der Waals surface area (Å²) in [4.78, 5) is 23.7. The van der Waals surface area contributed by atoms with Gasteiger partial charge in [0.2, 0.25) is 5.91 Å². The Bertz CT molecular complexity index is 272. The van der Waals surface area contributed by atoms with Gasteiger partial charge in [0, 0.05) is 25.6 Å². The maximum atomic E-state index is 11.5. The molecule has 0 bridgehead atoms. The van der Waals surface area contributed by atoms with E-state index in [1.165, 1.54) is 0 Å². The molecule has 1 saturated heterocycles. The third-order valence-electron chi connectivity index (χ3n) is 2.95. The molecule has 0 radical (unpaired) electrons. The number of aliphatic hydroxyl groups excluding tert-OH is 1. The van der Waals surface area contributed by atoms with E-state index in [1.54, 1.807) is 4.90 Å². The summed E-state index contributed by atoms with van der Waals surface area (Å²) in [7, 11) is 0. The Balaban J connectivity index is 1.79. The number of aliphatic hydroxyl groups is 1. The molecule has 1 heterocycles. The molecular formula is C9H13NO4. The van der Waals surface area contributed by atoms with Crippen molar-refractivity contribution in [1.82, 2.24) is 4.90 Å². The predicted octanol–water partition coefficient (Wildman–Crippen LogP) is -0.842. The van der Waals surface area contributed by atoms with E-state index in [0.717, 1.165) is 0 Å². The van der Waals surface area contributed by atoms with Crippen molar-refractivity contribution < 1.29 is 19.8 Å². The van der Waals surface area contributed by atoms with E-state index in [4.69, 9.17) is 10.2 Å². The van der Waals surface area contributed by atoms with Gasteiger partial charge < -0.3 is 15.1 Å². The molecule has 0 aromatic heterocycles. The number of carbonyl (C=O) groups is 2. The lowest BCUT2D eigenvalue weighted by Gasteiger charge is -2.38. The maximum Gasteiger partial charge on any atom is 0.307 e. The summed E-state index contributed by atoms with van der Waals surface area (Å²) < 4.78 is 0. The van der Waals surface area contributed by atoms with Gasteiger partial charge in [0.1, 0.15) is 0 Å². The molecule has 0 unspecified atom stereocenters. The number of nitrogens with zero attached hydrogens (tertiary/aromatic N) is 1. The first-order valence-electron chi connectivity index (χ1n) is 4.76. The second-order valence-electron chi connectivity index (χ2n) is 4.08. The van der Waals surface area contributed by atoms with Crippen molar-refractivity contribution in [3.8, 4) is 0 Å². The molecule has 5 nitrogen and oxygen atoms in total. The van der Waals surface area contributed by atoms with Crippen LogP contribution in [0.5, 0.6) is 0 Å². The fourth-order valence-electron chi connectivity index (χ4n) is 1.84. The number of aliphatic carboxylic acids is 1. The van der Waals surface area contributed by atoms with E-state index < -0.39 is 11.9 Å². The second kappa shape index (κ2) is 3.24. The van der Waals surface area contributed by atoms with Crippen LogP contribution in [0, 0.1) is 17.8 Å². The van der Waals surface area contributed by atoms with Gasteiger partial charge in [0.15, 0.2) is 0 Å². The quantitative estimate of drug-likeness (QED) is 0.621. The van der Waals surface area contributed by atoms with Crippen molar-refractivity contribution in [1.29, 1.82) is 0 Å². The molecule has 1 amide bonds. The number of likely N-dealkylation sites (tertiary alicyclic amines) is 1. The first-order chi connectivity index (χ1) is 6.63. The van der Waals surface area contributed by atoms with Crippen LogP contribution >= 0.6 is 0 Å². The summed E-state index contributed by atoms with van der Waals surface area (Å²) in [6.07, 6.45) is 0.481. The summed E-state index contributed by atoms with van der Waals surface area (Å²) in [5, 5.41) is 17.4. The lowest BCUT2D eigenvalue weighted by molar-refractivity contribution is -0.145. The summed E-state index contributed by atoms with van der Waals surface area (Å²) in [5.74, 6) is -1.49. The van der Waals surface area contributed by atoms with Crippen LogP contribution in [0.25, 0.3) is 0 Å². The highest BCUT2D eigenvalue weighted by Gasteiger charge is 2.51. The average molecular weight is 199 g/mol. The normalized spacial score (nSPS) is 31.1. The minimum absolute atomic E-state index is 0.0536. The minimum atomic E-state index is -0.873. The molecule has 5 heteroatoms. The van der Waals surface area contributed by atoms with Gasteiger partial charge in [-0.05, 0) is 6.42 Å². The largest absolute Gasteiger partial charge is 0.481 e. The van der Waals surface area contributed by atoms with E-state index >= 15 is 0 Å². The zero-order valence-corrected chi connectivity index (χ0v) is 7.72. The Morgan fingerprint density at radius 1 is 1.29 bits per heavy atom. The molecular weight excluding hydrogens is 186 g/mol. The highest BCUT2D eigenvalue weighted by Crippen LogP contribution is 2.41. The van der Waals surface area contributed by atoms with Gasteiger partial charge in [0.05, 0.1) is 11.8 Å².